The molecular formula is C31H29ClFN9O2. The Hall–Kier alpha value is -4.71. The number of likely N-dealkylation sites (tertiary alicyclic amines) is 1. The Balaban J connectivity index is 1.23. The van der Waals surface area contributed by atoms with Crippen LogP contribution in [0.15, 0.2) is 73.7 Å². The van der Waals surface area contributed by atoms with Crippen LogP contribution in [0, 0.1) is 22.9 Å². The molecule has 1 aliphatic carbocycles. The number of benzene rings is 1. The molecule has 1 amide bonds. The van der Waals surface area contributed by atoms with E-state index in [1.807, 2.05) is 23.2 Å². The molecule has 44 heavy (non-hydrogen) atoms. The first-order valence-corrected chi connectivity index (χ1v) is 15.0. The Morgan fingerprint density at radius 1 is 1.07 bits per heavy atom. The first kappa shape index (κ1) is 28.1. The summed E-state index contributed by atoms with van der Waals surface area (Å²) < 4.78 is 19.3. The third-order valence-corrected chi connectivity index (χ3v) is 8.90. The van der Waals surface area contributed by atoms with Crippen molar-refractivity contribution in [3.63, 3.8) is 0 Å². The lowest BCUT2D eigenvalue weighted by Gasteiger charge is -2.27. The second kappa shape index (κ2) is 11.8. The first-order chi connectivity index (χ1) is 21.5. The van der Waals surface area contributed by atoms with Crippen LogP contribution in [0.4, 0.5) is 4.39 Å². The fourth-order valence-corrected chi connectivity index (χ4v) is 6.35. The van der Waals surface area contributed by atoms with Crippen molar-refractivity contribution in [2.75, 3.05) is 13.1 Å². The van der Waals surface area contributed by atoms with Crippen molar-refractivity contribution < 1.29 is 13.9 Å². The van der Waals surface area contributed by atoms with Crippen molar-refractivity contribution in [1.82, 2.24) is 39.9 Å². The van der Waals surface area contributed by atoms with E-state index >= 15 is 4.39 Å². The van der Waals surface area contributed by atoms with Crippen LogP contribution in [-0.4, -0.2) is 58.9 Å². The van der Waals surface area contributed by atoms with Gasteiger partial charge in [-0.1, -0.05) is 11.6 Å². The SMILES string of the molecule is O=C(C1CC1CC(c1ccc(-c2c(-n3cnnn3)ccc(Cl)c2F)c[n+]1[O-])n1cc(-c2ccncc2)cn1)N1CCCCC1. The minimum Gasteiger partial charge on any atom is -0.618 e. The van der Waals surface area contributed by atoms with E-state index in [0.29, 0.717) is 23.4 Å². The van der Waals surface area contributed by atoms with E-state index in [0.717, 1.165) is 54.6 Å². The van der Waals surface area contributed by atoms with Crippen LogP contribution in [0.25, 0.3) is 27.9 Å². The predicted octanol–water partition coefficient (Wildman–Crippen LogP) is 4.64. The van der Waals surface area contributed by atoms with Gasteiger partial charge in [0, 0.05) is 49.2 Å². The number of tetrazole rings is 1. The summed E-state index contributed by atoms with van der Waals surface area (Å²) in [5.74, 6) is -0.400. The number of amides is 1. The van der Waals surface area contributed by atoms with Crippen LogP contribution < -0.4 is 4.73 Å². The highest BCUT2D eigenvalue weighted by atomic mass is 35.5. The van der Waals surface area contributed by atoms with Crippen molar-refractivity contribution >= 4 is 17.5 Å². The second-order valence-corrected chi connectivity index (χ2v) is 11.8. The molecule has 1 saturated heterocycles. The van der Waals surface area contributed by atoms with Gasteiger partial charge in [0.15, 0.2) is 12.0 Å². The predicted molar refractivity (Wildman–Crippen MR) is 159 cm³/mol. The number of nitrogens with zero attached hydrogens (tertiary/aromatic N) is 9. The van der Waals surface area contributed by atoms with Crippen LogP contribution in [0.1, 0.15) is 43.8 Å². The molecule has 224 valence electrons. The molecule has 0 radical (unpaired) electrons. The average Bonchev–Trinajstić information content (AvgIpc) is 3.39. The van der Waals surface area contributed by atoms with Gasteiger partial charge >= 0.3 is 0 Å². The molecule has 11 nitrogen and oxygen atoms in total. The van der Waals surface area contributed by atoms with Crippen LogP contribution in [0.5, 0.6) is 0 Å². The standard InChI is InChI=1S/C31H29ClFN9O2/c32-25-5-7-27(41-19-35-37-38-41)29(30(25)33)21-4-6-26(42(44)18-21)28(40-17-23(16-36-40)20-8-10-34-11-9-20)15-22-14-24(22)31(43)39-12-2-1-3-13-39/h4-11,16-19,22,24,28H,1-3,12-15H2. The number of halogens is 2. The molecule has 4 aromatic heterocycles. The minimum absolute atomic E-state index is 0.0513. The summed E-state index contributed by atoms with van der Waals surface area (Å²) in [5, 5.41) is 29.5. The Morgan fingerprint density at radius 3 is 2.64 bits per heavy atom. The van der Waals surface area contributed by atoms with Gasteiger partial charge in [-0.15, -0.1) is 5.10 Å². The van der Waals surface area contributed by atoms with E-state index in [1.54, 1.807) is 41.5 Å². The largest absolute Gasteiger partial charge is 0.618 e. The number of aromatic nitrogens is 8. The van der Waals surface area contributed by atoms with Gasteiger partial charge in [0.05, 0.1) is 28.0 Å². The molecule has 7 rings (SSSR count). The van der Waals surface area contributed by atoms with E-state index in [9.17, 15) is 10.0 Å². The third-order valence-electron chi connectivity index (χ3n) is 8.61. The second-order valence-electron chi connectivity index (χ2n) is 11.4. The zero-order chi connectivity index (χ0) is 30.2. The fraction of sp³-hybridized carbons (Fsp3) is 0.323. The molecule has 5 aromatic rings. The molecule has 13 heteroatoms. The van der Waals surface area contributed by atoms with Crippen molar-refractivity contribution in [3.05, 3.63) is 95.5 Å². The van der Waals surface area contributed by atoms with Crippen LogP contribution in [0.2, 0.25) is 5.02 Å². The van der Waals surface area contributed by atoms with Gasteiger partial charge in [-0.25, -0.2) is 4.39 Å². The quantitative estimate of drug-likeness (QED) is 0.185. The molecule has 2 fully saturated rings. The number of hydrogen-bond acceptors (Lipinski definition) is 7. The summed E-state index contributed by atoms with van der Waals surface area (Å²) in [5.41, 5.74) is 3.02. The highest BCUT2D eigenvalue weighted by molar-refractivity contribution is 6.31. The molecule has 0 N–H and O–H groups in total. The maximum absolute atomic E-state index is 15.4. The lowest BCUT2D eigenvalue weighted by Crippen LogP contribution is -2.37. The monoisotopic (exact) mass is 613 g/mol. The average molecular weight is 614 g/mol. The van der Waals surface area contributed by atoms with E-state index in [4.69, 9.17) is 11.6 Å². The Bertz CT molecular complexity index is 1790. The number of carbonyl (C=O) groups excluding carboxylic acids is 1. The number of rotatable bonds is 8. The number of carbonyl (C=O) groups is 1. The topological polar surface area (TPSA) is 122 Å². The number of piperidine rings is 1. The minimum atomic E-state index is -0.685. The van der Waals surface area contributed by atoms with Gasteiger partial charge in [0.2, 0.25) is 11.6 Å². The lowest BCUT2D eigenvalue weighted by atomic mass is 10.0. The normalized spacial score (nSPS) is 18.7. The summed E-state index contributed by atoms with van der Waals surface area (Å²) in [7, 11) is 0. The molecule has 1 aliphatic heterocycles. The maximum Gasteiger partial charge on any atom is 0.225 e. The summed E-state index contributed by atoms with van der Waals surface area (Å²) in [6, 6.07) is 9.74. The Kier molecular flexibility index (Phi) is 7.51. The maximum atomic E-state index is 15.4. The van der Waals surface area contributed by atoms with Gasteiger partial charge in [-0.05, 0) is 84.3 Å². The molecule has 5 heterocycles. The fourth-order valence-electron chi connectivity index (χ4n) is 6.19. The summed E-state index contributed by atoms with van der Waals surface area (Å²) in [6.07, 6.45) is 14.4. The van der Waals surface area contributed by atoms with Crippen molar-refractivity contribution in [2.24, 2.45) is 11.8 Å². The van der Waals surface area contributed by atoms with Crippen molar-refractivity contribution in [2.45, 2.75) is 38.1 Å². The van der Waals surface area contributed by atoms with E-state index in [1.165, 1.54) is 23.3 Å². The molecule has 0 spiro atoms. The van der Waals surface area contributed by atoms with Gasteiger partial charge in [0.25, 0.3) is 0 Å². The Labute approximate surface area is 257 Å². The van der Waals surface area contributed by atoms with Crippen LogP contribution in [0.3, 0.4) is 0 Å². The van der Waals surface area contributed by atoms with Gasteiger partial charge in [0.1, 0.15) is 12.4 Å². The van der Waals surface area contributed by atoms with Gasteiger partial charge in [-0.2, -0.15) is 14.5 Å². The number of hydrogen-bond donors (Lipinski definition) is 0. The van der Waals surface area contributed by atoms with E-state index < -0.39 is 11.9 Å². The Morgan fingerprint density at radius 2 is 1.89 bits per heavy atom. The summed E-state index contributed by atoms with van der Waals surface area (Å²) in [4.78, 5) is 19.3. The van der Waals surface area contributed by atoms with E-state index in [2.05, 4.69) is 25.6 Å². The smallest absolute Gasteiger partial charge is 0.225 e. The molecule has 3 unspecified atom stereocenters. The van der Waals surface area contributed by atoms with Crippen LogP contribution >= 0.6 is 11.6 Å². The highest BCUT2D eigenvalue weighted by Gasteiger charge is 2.47. The van der Waals surface area contributed by atoms with Gasteiger partial charge in [-0.3, -0.25) is 14.5 Å². The molecular weight excluding hydrogens is 585 g/mol. The number of pyridine rings is 2. The molecule has 2 aliphatic rings. The van der Waals surface area contributed by atoms with E-state index in [-0.39, 0.29) is 28.3 Å². The molecule has 1 saturated carbocycles. The molecule has 0 bridgehead atoms. The highest BCUT2D eigenvalue weighted by Crippen LogP contribution is 2.46. The summed E-state index contributed by atoms with van der Waals surface area (Å²) in [6.45, 7) is 1.63. The first-order valence-electron chi connectivity index (χ1n) is 14.7. The third kappa shape index (κ3) is 5.41. The lowest BCUT2D eigenvalue weighted by molar-refractivity contribution is -0.615. The van der Waals surface area contributed by atoms with Gasteiger partial charge < -0.3 is 10.1 Å². The van der Waals surface area contributed by atoms with Crippen molar-refractivity contribution in [3.8, 4) is 27.9 Å². The molecule has 3 atom stereocenters. The zero-order valence-electron chi connectivity index (χ0n) is 23.7. The molecule has 1 aromatic carbocycles. The van der Waals surface area contributed by atoms with Crippen LogP contribution in [-0.2, 0) is 4.79 Å². The zero-order valence-corrected chi connectivity index (χ0v) is 24.5. The summed E-state index contributed by atoms with van der Waals surface area (Å²) >= 11 is 6.14. The van der Waals surface area contributed by atoms with Crippen molar-refractivity contribution in [1.29, 1.82) is 0 Å².